The van der Waals surface area contributed by atoms with Crippen LogP contribution in [0, 0.1) is 11.6 Å². The molecule has 0 amide bonds. The Hall–Kier alpha value is -1.49. The van der Waals surface area contributed by atoms with Crippen molar-refractivity contribution in [1.29, 1.82) is 0 Å². The Morgan fingerprint density at radius 1 is 1.19 bits per heavy atom. The van der Waals surface area contributed by atoms with Crippen molar-refractivity contribution in [3.8, 4) is 0 Å². The maximum Gasteiger partial charge on any atom is 0.131 e. The van der Waals surface area contributed by atoms with Crippen LogP contribution in [0.1, 0.15) is 30.2 Å². The first kappa shape index (κ1) is 15.9. The van der Waals surface area contributed by atoms with Crippen molar-refractivity contribution in [2.75, 3.05) is 6.54 Å². The average molecular weight is 312 g/mol. The molecule has 0 aliphatic rings. The van der Waals surface area contributed by atoms with Crippen LogP contribution in [0.25, 0.3) is 0 Å². The fraction of sp³-hybridized carbons (Fsp3) is 0.250. The van der Waals surface area contributed by atoms with Crippen LogP contribution in [0.5, 0.6) is 0 Å². The van der Waals surface area contributed by atoms with Gasteiger partial charge in [-0.05, 0) is 30.7 Å². The lowest BCUT2D eigenvalue weighted by Gasteiger charge is -2.18. The van der Waals surface area contributed by atoms with Gasteiger partial charge >= 0.3 is 0 Å². The van der Waals surface area contributed by atoms with Crippen molar-refractivity contribution in [3.63, 3.8) is 0 Å². The Bertz CT molecular complexity index is 621. The Labute approximate surface area is 127 Å². The largest absolute Gasteiger partial charge is 0.387 e. The van der Waals surface area contributed by atoms with Gasteiger partial charge in [0.15, 0.2) is 0 Å². The van der Waals surface area contributed by atoms with Crippen molar-refractivity contribution in [2.45, 2.75) is 19.1 Å². The lowest BCUT2D eigenvalue weighted by atomic mass is 10.1. The molecule has 112 valence electrons. The Balaban J connectivity index is 1.99. The van der Waals surface area contributed by atoms with E-state index < -0.39 is 17.7 Å². The van der Waals surface area contributed by atoms with Crippen LogP contribution in [0.15, 0.2) is 42.5 Å². The van der Waals surface area contributed by atoms with Gasteiger partial charge in [0.1, 0.15) is 11.6 Å². The summed E-state index contributed by atoms with van der Waals surface area (Å²) in [4.78, 5) is 0. The second-order valence-electron chi connectivity index (χ2n) is 4.87. The lowest BCUT2D eigenvalue weighted by molar-refractivity contribution is 0.166. The summed E-state index contributed by atoms with van der Waals surface area (Å²) >= 11 is 5.92. The maximum absolute atomic E-state index is 13.6. The van der Waals surface area contributed by atoms with Gasteiger partial charge in [0, 0.05) is 29.2 Å². The van der Waals surface area contributed by atoms with Crippen molar-refractivity contribution >= 4 is 11.6 Å². The van der Waals surface area contributed by atoms with Crippen LogP contribution in [-0.4, -0.2) is 11.7 Å². The molecule has 0 bridgehead atoms. The fourth-order valence-electron chi connectivity index (χ4n) is 2.06. The highest BCUT2D eigenvalue weighted by atomic mass is 35.5. The Morgan fingerprint density at radius 2 is 1.95 bits per heavy atom. The molecular formula is C16H16ClF2NO. The van der Waals surface area contributed by atoms with Gasteiger partial charge < -0.3 is 10.4 Å². The van der Waals surface area contributed by atoms with E-state index in [2.05, 4.69) is 5.32 Å². The first-order valence-electron chi connectivity index (χ1n) is 6.59. The molecule has 0 aliphatic heterocycles. The smallest absolute Gasteiger partial charge is 0.131 e. The predicted octanol–water partition coefficient (Wildman–Crippen LogP) is 4.00. The quantitative estimate of drug-likeness (QED) is 0.874. The number of aliphatic hydroxyl groups excluding tert-OH is 1. The van der Waals surface area contributed by atoms with Crippen molar-refractivity contribution in [1.82, 2.24) is 5.32 Å². The topological polar surface area (TPSA) is 32.3 Å². The maximum atomic E-state index is 13.6. The summed E-state index contributed by atoms with van der Waals surface area (Å²) in [6.45, 7) is 2.07. The van der Waals surface area contributed by atoms with Crippen molar-refractivity contribution in [2.24, 2.45) is 0 Å². The van der Waals surface area contributed by atoms with E-state index in [-0.39, 0.29) is 18.2 Å². The molecule has 2 aromatic carbocycles. The Kier molecular flexibility index (Phi) is 5.28. The minimum absolute atomic E-state index is 0.0538. The van der Waals surface area contributed by atoms with E-state index in [1.807, 2.05) is 25.1 Å². The molecule has 0 fully saturated rings. The number of aliphatic hydroxyl groups is 1. The lowest BCUT2D eigenvalue weighted by Crippen LogP contribution is -2.25. The van der Waals surface area contributed by atoms with Crippen LogP contribution in [0.3, 0.4) is 0 Å². The average Bonchev–Trinajstić information content (AvgIpc) is 2.44. The minimum atomic E-state index is -1.05. The minimum Gasteiger partial charge on any atom is -0.387 e. The molecule has 0 saturated heterocycles. The molecule has 21 heavy (non-hydrogen) atoms. The normalized spacial score (nSPS) is 14.0. The van der Waals surface area contributed by atoms with E-state index in [4.69, 9.17) is 11.6 Å². The standard InChI is InChI=1S/C16H16ClF2NO/c1-10(11-3-2-4-12(17)7-11)20-9-16(21)14-6-5-13(18)8-15(14)19/h2-8,10,16,20-21H,9H2,1H3/t10-,16?/m1/s1. The van der Waals surface area contributed by atoms with E-state index in [0.717, 1.165) is 17.7 Å². The van der Waals surface area contributed by atoms with Crippen LogP contribution >= 0.6 is 11.6 Å². The van der Waals surface area contributed by atoms with Gasteiger partial charge in [-0.3, -0.25) is 0 Å². The second-order valence-corrected chi connectivity index (χ2v) is 5.30. The van der Waals surface area contributed by atoms with Gasteiger partial charge in [-0.25, -0.2) is 8.78 Å². The third kappa shape index (κ3) is 4.24. The van der Waals surface area contributed by atoms with Gasteiger partial charge in [0.2, 0.25) is 0 Å². The molecular weight excluding hydrogens is 296 g/mol. The van der Waals surface area contributed by atoms with Crippen LogP contribution in [-0.2, 0) is 0 Å². The highest BCUT2D eigenvalue weighted by Crippen LogP contribution is 2.20. The number of hydrogen-bond donors (Lipinski definition) is 2. The summed E-state index contributed by atoms with van der Waals surface area (Å²) in [6, 6.07) is 10.4. The van der Waals surface area contributed by atoms with Gasteiger partial charge in [-0.1, -0.05) is 29.8 Å². The van der Waals surface area contributed by atoms with E-state index in [0.29, 0.717) is 5.02 Å². The second kappa shape index (κ2) is 6.98. The van der Waals surface area contributed by atoms with E-state index in [1.165, 1.54) is 6.07 Å². The van der Waals surface area contributed by atoms with Crippen molar-refractivity contribution in [3.05, 3.63) is 70.2 Å². The predicted molar refractivity (Wildman–Crippen MR) is 79.2 cm³/mol. The molecule has 0 spiro atoms. The zero-order valence-corrected chi connectivity index (χ0v) is 12.2. The summed E-state index contributed by atoms with van der Waals surface area (Å²) in [5.41, 5.74) is 1.04. The molecule has 2 N–H and O–H groups in total. The molecule has 0 heterocycles. The highest BCUT2D eigenvalue weighted by Gasteiger charge is 2.15. The summed E-state index contributed by atoms with van der Waals surface area (Å²) in [5.74, 6) is -1.41. The van der Waals surface area contributed by atoms with Crippen LogP contribution in [0.4, 0.5) is 8.78 Å². The molecule has 1 unspecified atom stereocenters. The van der Waals surface area contributed by atoms with E-state index in [1.54, 1.807) is 6.07 Å². The van der Waals surface area contributed by atoms with Crippen LogP contribution in [0.2, 0.25) is 5.02 Å². The molecule has 0 radical (unpaired) electrons. The zero-order valence-electron chi connectivity index (χ0n) is 11.5. The molecule has 0 saturated carbocycles. The zero-order chi connectivity index (χ0) is 15.4. The first-order valence-corrected chi connectivity index (χ1v) is 6.97. The SMILES string of the molecule is C[C@@H](NCC(O)c1ccc(F)cc1F)c1cccc(Cl)c1. The number of hydrogen-bond acceptors (Lipinski definition) is 2. The molecule has 2 aromatic rings. The highest BCUT2D eigenvalue weighted by molar-refractivity contribution is 6.30. The van der Waals surface area contributed by atoms with Gasteiger partial charge in [0.25, 0.3) is 0 Å². The van der Waals surface area contributed by atoms with Gasteiger partial charge in [-0.2, -0.15) is 0 Å². The molecule has 5 heteroatoms. The molecule has 0 aliphatic carbocycles. The number of rotatable bonds is 5. The summed E-state index contributed by atoms with van der Waals surface area (Å²) in [6.07, 6.45) is -1.05. The molecule has 2 nitrogen and oxygen atoms in total. The Morgan fingerprint density at radius 3 is 2.62 bits per heavy atom. The summed E-state index contributed by atoms with van der Waals surface area (Å²) in [7, 11) is 0. The molecule has 2 rings (SSSR count). The third-order valence-corrected chi connectivity index (χ3v) is 3.52. The number of nitrogens with one attached hydrogen (secondary N) is 1. The summed E-state index contributed by atoms with van der Waals surface area (Å²) in [5, 5.41) is 13.7. The third-order valence-electron chi connectivity index (χ3n) is 3.29. The molecule has 2 atom stereocenters. The fourth-order valence-corrected chi connectivity index (χ4v) is 2.26. The van der Waals surface area contributed by atoms with E-state index in [9.17, 15) is 13.9 Å². The van der Waals surface area contributed by atoms with Crippen LogP contribution < -0.4 is 5.32 Å². The number of halogens is 3. The monoisotopic (exact) mass is 311 g/mol. The number of benzene rings is 2. The first-order chi connectivity index (χ1) is 9.97. The van der Waals surface area contributed by atoms with Gasteiger partial charge in [0.05, 0.1) is 6.10 Å². The summed E-state index contributed by atoms with van der Waals surface area (Å²) < 4.78 is 26.4. The van der Waals surface area contributed by atoms with Crippen molar-refractivity contribution < 1.29 is 13.9 Å². The molecule has 0 aromatic heterocycles. The van der Waals surface area contributed by atoms with E-state index >= 15 is 0 Å². The van der Waals surface area contributed by atoms with Gasteiger partial charge in [-0.15, -0.1) is 0 Å².